The van der Waals surface area contributed by atoms with Crippen LogP contribution in [0.4, 0.5) is 0 Å². The molecule has 104 valence electrons. The topological polar surface area (TPSA) is 15.3 Å². The highest BCUT2D eigenvalue weighted by molar-refractivity contribution is 6.31. The van der Waals surface area contributed by atoms with Crippen molar-refractivity contribution in [2.24, 2.45) is 0 Å². The molecule has 0 saturated carbocycles. The highest BCUT2D eigenvalue weighted by Gasteiger charge is 2.11. The van der Waals surface area contributed by atoms with Crippen molar-refractivity contribution >= 4 is 11.6 Å². The van der Waals surface area contributed by atoms with E-state index in [4.69, 9.17) is 11.6 Å². The molecule has 1 aliphatic heterocycles. The molecule has 0 bridgehead atoms. The second kappa shape index (κ2) is 5.96. The van der Waals surface area contributed by atoms with Crippen LogP contribution in [0.2, 0.25) is 5.02 Å². The number of fused-ring (bicyclic) bond motifs is 1. The smallest absolute Gasteiger partial charge is 0.0451 e. The molecule has 3 rings (SSSR count). The molecule has 0 aromatic heterocycles. The van der Waals surface area contributed by atoms with Gasteiger partial charge in [-0.2, -0.15) is 0 Å². The van der Waals surface area contributed by atoms with Crippen molar-refractivity contribution in [2.45, 2.75) is 26.2 Å². The summed E-state index contributed by atoms with van der Waals surface area (Å²) in [5, 5.41) is 4.23. The Balaban J connectivity index is 1.67. The molecule has 3 heteroatoms. The summed E-state index contributed by atoms with van der Waals surface area (Å²) in [6.07, 6.45) is 0. The highest BCUT2D eigenvalue weighted by Crippen LogP contribution is 2.20. The lowest BCUT2D eigenvalue weighted by atomic mass is 10.1. The summed E-state index contributed by atoms with van der Waals surface area (Å²) < 4.78 is 0. The number of nitrogens with zero attached hydrogens (tertiary/aromatic N) is 1. The van der Waals surface area contributed by atoms with Crippen molar-refractivity contribution in [3.05, 3.63) is 69.7 Å². The van der Waals surface area contributed by atoms with Crippen molar-refractivity contribution in [1.29, 1.82) is 0 Å². The standard InChI is InChI=1S/C17H19ClN2/c1-20(12-15-4-2-3-5-17(15)18)11-13-6-7-14-9-19-10-16(14)8-13/h2-8,19H,9-12H2,1H3. The van der Waals surface area contributed by atoms with Crippen molar-refractivity contribution in [1.82, 2.24) is 10.2 Å². The zero-order chi connectivity index (χ0) is 13.9. The first-order chi connectivity index (χ1) is 9.72. The van der Waals surface area contributed by atoms with Crippen LogP contribution < -0.4 is 5.32 Å². The van der Waals surface area contributed by atoms with Crippen LogP contribution in [0.5, 0.6) is 0 Å². The van der Waals surface area contributed by atoms with E-state index in [0.717, 1.165) is 31.2 Å². The summed E-state index contributed by atoms with van der Waals surface area (Å²) >= 11 is 6.21. The lowest BCUT2D eigenvalue weighted by Gasteiger charge is -2.18. The zero-order valence-corrected chi connectivity index (χ0v) is 12.5. The van der Waals surface area contributed by atoms with Gasteiger partial charge in [0.05, 0.1) is 0 Å². The van der Waals surface area contributed by atoms with E-state index < -0.39 is 0 Å². The third-order valence-electron chi connectivity index (χ3n) is 3.75. The third kappa shape index (κ3) is 3.04. The fourth-order valence-electron chi connectivity index (χ4n) is 2.73. The maximum absolute atomic E-state index is 6.21. The molecule has 0 amide bonds. The number of hydrogen-bond acceptors (Lipinski definition) is 2. The van der Waals surface area contributed by atoms with E-state index in [1.807, 2.05) is 18.2 Å². The van der Waals surface area contributed by atoms with Gasteiger partial charge in [0, 0.05) is 31.2 Å². The first-order valence-electron chi connectivity index (χ1n) is 6.96. The number of benzene rings is 2. The lowest BCUT2D eigenvalue weighted by molar-refractivity contribution is 0.319. The van der Waals surface area contributed by atoms with Crippen LogP contribution in [0, 0.1) is 0 Å². The summed E-state index contributed by atoms with van der Waals surface area (Å²) in [4.78, 5) is 2.30. The quantitative estimate of drug-likeness (QED) is 0.924. The van der Waals surface area contributed by atoms with Crippen LogP contribution >= 0.6 is 11.6 Å². The Morgan fingerprint density at radius 2 is 1.85 bits per heavy atom. The van der Waals surface area contributed by atoms with E-state index in [1.165, 1.54) is 22.3 Å². The fourth-order valence-corrected chi connectivity index (χ4v) is 2.93. The summed E-state index contributed by atoms with van der Waals surface area (Å²) in [5.74, 6) is 0. The largest absolute Gasteiger partial charge is 0.309 e. The summed E-state index contributed by atoms with van der Waals surface area (Å²) in [6.45, 7) is 3.82. The van der Waals surface area contributed by atoms with Gasteiger partial charge in [-0.25, -0.2) is 0 Å². The first kappa shape index (κ1) is 13.6. The van der Waals surface area contributed by atoms with Gasteiger partial charge >= 0.3 is 0 Å². The Kier molecular flexibility index (Phi) is 4.06. The SMILES string of the molecule is CN(Cc1ccc2c(c1)CNC2)Cc1ccccc1Cl. The van der Waals surface area contributed by atoms with Crippen molar-refractivity contribution in [3.8, 4) is 0 Å². The molecule has 20 heavy (non-hydrogen) atoms. The van der Waals surface area contributed by atoms with Gasteiger partial charge in [-0.3, -0.25) is 4.90 Å². The molecule has 0 spiro atoms. The Labute approximate surface area is 125 Å². The molecule has 0 atom stereocenters. The van der Waals surface area contributed by atoms with Gasteiger partial charge in [0.2, 0.25) is 0 Å². The number of hydrogen-bond donors (Lipinski definition) is 1. The van der Waals surface area contributed by atoms with Gasteiger partial charge in [-0.15, -0.1) is 0 Å². The number of rotatable bonds is 4. The number of nitrogens with one attached hydrogen (secondary N) is 1. The lowest BCUT2D eigenvalue weighted by Crippen LogP contribution is -2.17. The molecule has 0 radical (unpaired) electrons. The average Bonchev–Trinajstić information content (AvgIpc) is 2.89. The van der Waals surface area contributed by atoms with Gasteiger partial charge in [0.1, 0.15) is 0 Å². The van der Waals surface area contributed by atoms with Gasteiger partial charge < -0.3 is 5.32 Å². The fraction of sp³-hybridized carbons (Fsp3) is 0.294. The normalized spacial score (nSPS) is 13.8. The van der Waals surface area contributed by atoms with Crippen LogP contribution in [0.25, 0.3) is 0 Å². The molecule has 0 fully saturated rings. The minimum atomic E-state index is 0.845. The van der Waals surface area contributed by atoms with Crippen LogP contribution in [0.1, 0.15) is 22.3 Å². The van der Waals surface area contributed by atoms with Crippen molar-refractivity contribution in [3.63, 3.8) is 0 Å². The third-order valence-corrected chi connectivity index (χ3v) is 4.12. The number of halogens is 1. The Hall–Kier alpha value is -1.35. The van der Waals surface area contributed by atoms with Crippen LogP contribution in [-0.2, 0) is 26.2 Å². The van der Waals surface area contributed by atoms with E-state index in [-0.39, 0.29) is 0 Å². The van der Waals surface area contributed by atoms with Gasteiger partial charge in [-0.1, -0.05) is 48.0 Å². The Morgan fingerprint density at radius 1 is 1.05 bits per heavy atom. The van der Waals surface area contributed by atoms with E-state index in [2.05, 4.69) is 41.5 Å². The molecule has 0 saturated heterocycles. The maximum atomic E-state index is 6.21. The molecular weight excluding hydrogens is 268 g/mol. The Bertz CT molecular complexity index is 610. The minimum Gasteiger partial charge on any atom is -0.309 e. The second-order valence-corrected chi connectivity index (χ2v) is 5.88. The molecule has 2 aromatic rings. The maximum Gasteiger partial charge on any atom is 0.0451 e. The van der Waals surface area contributed by atoms with Crippen LogP contribution in [0.3, 0.4) is 0 Å². The molecular formula is C17H19ClN2. The van der Waals surface area contributed by atoms with Gasteiger partial charge in [0.25, 0.3) is 0 Å². The van der Waals surface area contributed by atoms with Gasteiger partial charge in [-0.05, 0) is 35.4 Å². The van der Waals surface area contributed by atoms with E-state index >= 15 is 0 Å². The summed E-state index contributed by atoms with van der Waals surface area (Å²) in [7, 11) is 2.13. The van der Waals surface area contributed by atoms with Crippen molar-refractivity contribution in [2.75, 3.05) is 7.05 Å². The Morgan fingerprint density at radius 3 is 2.70 bits per heavy atom. The van der Waals surface area contributed by atoms with E-state index in [0.29, 0.717) is 0 Å². The molecule has 0 unspecified atom stereocenters. The average molecular weight is 287 g/mol. The zero-order valence-electron chi connectivity index (χ0n) is 11.7. The van der Waals surface area contributed by atoms with Crippen molar-refractivity contribution < 1.29 is 0 Å². The molecule has 2 aromatic carbocycles. The van der Waals surface area contributed by atoms with Gasteiger partial charge in [0.15, 0.2) is 0 Å². The van der Waals surface area contributed by atoms with E-state index in [9.17, 15) is 0 Å². The predicted molar refractivity (Wildman–Crippen MR) is 83.6 cm³/mol. The van der Waals surface area contributed by atoms with E-state index in [1.54, 1.807) is 0 Å². The minimum absolute atomic E-state index is 0.845. The summed E-state index contributed by atoms with van der Waals surface area (Å²) in [6, 6.07) is 14.8. The molecule has 0 aliphatic carbocycles. The second-order valence-electron chi connectivity index (χ2n) is 5.47. The predicted octanol–water partition coefficient (Wildman–Crippen LogP) is 3.58. The molecule has 1 N–H and O–H groups in total. The first-order valence-corrected chi connectivity index (χ1v) is 7.33. The highest BCUT2D eigenvalue weighted by atomic mass is 35.5. The monoisotopic (exact) mass is 286 g/mol. The molecule has 1 aliphatic rings. The molecule has 2 nitrogen and oxygen atoms in total. The van der Waals surface area contributed by atoms with Crippen LogP contribution in [-0.4, -0.2) is 11.9 Å². The summed E-state index contributed by atoms with van der Waals surface area (Å²) in [5.41, 5.74) is 5.41. The molecule has 1 heterocycles. The van der Waals surface area contributed by atoms with Crippen LogP contribution in [0.15, 0.2) is 42.5 Å².